The standard InChI is InChI=1S/C18H17F2NO4.C17H15F2NO3/c1-12-18(23,15-8-7-14(19)9-16(15)20)25-11-21(12)17(22)24-10-13-5-3-2-4-6-13;1-11(16(21)14-8-7-13(18)9-15(14)19)20-17(22)23-10-12-5-3-2-4-6-12/h2-9,12,23H,10-11H2,1H3;2-9,11H,10H2,1H3,(H,20,22)/t12-,18?;11-/m11/s1. The van der Waals surface area contributed by atoms with E-state index < -0.39 is 59.1 Å². The first kappa shape index (κ1) is 35.6. The van der Waals surface area contributed by atoms with E-state index in [1.807, 2.05) is 24.3 Å². The molecule has 1 saturated heterocycles. The molecule has 1 unspecified atom stereocenters. The molecule has 0 aromatic heterocycles. The molecule has 9 nitrogen and oxygen atoms in total. The summed E-state index contributed by atoms with van der Waals surface area (Å²) in [4.78, 5) is 37.1. The molecule has 1 fully saturated rings. The minimum absolute atomic E-state index is 0.0541. The summed E-state index contributed by atoms with van der Waals surface area (Å²) in [5.41, 5.74) is 1.08. The van der Waals surface area contributed by atoms with E-state index in [1.54, 1.807) is 36.4 Å². The molecule has 252 valence electrons. The summed E-state index contributed by atoms with van der Waals surface area (Å²) < 4.78 is 68.9. The van der Waals surface area contributed by atoms with Gasteiger partial charge >= 0.3 is 12.2 Å². The average molecular weight is 669 g/mol. The highest BCUT2D eigenvalue weighted by Gasteiger charge is 2.50. The Bertz CT molecular complexity index is 1730. The summed E-state index contributed by atoms with van der Waals surface area (Å²) in [5.74, 6) is -6.21. The van der Waals surface area contributed by atoms with Crippen molar-refractivity contribution in [2.24, 2.45) is 0 Å². The Morgan fingerprint density at radius 3 is 1.96 bits per heavy atom. The van der Waals surface area contributed by atoms with Crippen LogP contribution in [-0.4, -0.2) is 46.8 Å². The Balaban J connectivity index is 0.000000218. The highest BCUT2D eigenvalue weighted by atomic mass is 19.1. The quantitative estimate of drug-likeness (QED) is 0.161. The second-order valence-electron chi connectivity index (χ2n) is 10.7. The molecule has 0 radical (unpaired) electrons. The first-order valence-electron chi connectivity index (χ1n) is 14.6. The second-order valence-corrected chi connectivity index (χ2v) is 10.7. The van der Waals surface area contributed by atoms with Crippen LogP contribution in [0.15, 0.2) is 97.1 Å². The predicted octanol–water partition coefficient (Wildman–Crippen LogP) is 6.59. The number of ketones is 1. The van der Waals surface area contributed by atoms with Gasteiger partial charge in [-0.2, -0.15) is 0 Å². The van der Waals surface area contributed by atoms with Crippen molar-refractivity contribution < 1.29 is 51.3 Å². The zero-order chi connectivity index (χ0) is 34.8. The number of rotatable bonds is 8. The summed E-state index contributed by atoms with van der Waals surface area (Å²) in [6.45, 7) is 2.74. The minimum atomic E-state index is -2.08. The normalized spacial score (nSPS) is 17.5. The molecule has 2 amide bonds. The van der Waals surface area contributed by atoms with Gasteiger partial charge in [0.05, 0.1) is 17.6 Å². The Morgan fingerprint density at radius 1 is 0.854 bits per heavy atom. The maximum absolute atomic E-state index is 14.0. The highest BCUT2D eigenvalue weighted by Crippen LogP contribution is 2.37. The summed E-state index contributed by atoms with van der Waals surface area (Å²) in [5, 5.41) is 13.0. The Morgan fingerprint density at radius 2 is 1.40 bits per heavy atom. The van der Waals surface area contributed by atoms with Gasteiger partial charge in [0.1, 0.15) is 43.2 Å². The van der Waals surface area contributed by atoms with Crippen LogP contribution in [0.1, 0.15) is 40.9 Å². The molecule has 5 rings (SSSR count). The lowest BCUT2D eigenvalue weighted by molar-refractivity contribution is -0.187. The Labute approximate surface area is 273 Å². The number of amides is 2. The third kappa shape index (κ3) is 8.96. The zero-order valence-corrected chi connectivity index (χ0v) is 25.9. The van der Waals surface area contributed by atoms with Gasteiger partial charge < -0.3 is 24.6 Å². The van der Waals surface area contributed by atoms with Crippen molar-refractivity contribution in [1.29, 1.82) is 0 Å². The monoisotopic (exact) mass is 668 g/mol. The van der Waals surface area contributed by atoms with E-state index in [1.165, 1.54) is 13.8 Å². The smallest absolute Gasteiger partial charge is 0.412 e. The van der Waals surface area contributed by atoms with Gasteiger partial charge in [-0.1, -0.05) is 60.7 Å². The SMILES string of the molecule is C[C@@H](NC(=O)OCc1ccccc1)C(=O)c1ccc(F)cc1F.C[C@H]1N(C(=O)OCc2ccccc2)COC1(O)c1ccc(F)cc1F. The van der Waals surface area contributed by atoms with Crippen LogP contribution in [0.4, 0.5) is 27.2 Å². The number of halogens is 4. The molecule has 1 heterocycles. The van der Waals surface area contributed by atoms with Crippen LogP contribution in [0.3, 0.4) is 0 Å². The molecule has 13 heteroatoms. The van der Waals surface area contributed by atoms with Gasteiger partial charge in [0.25, 0.3) is 0 Å². The maximum atomic E-state index is 14.0. The summed E-state index contributed by atoms with van der Waals surface area (Å²) >= 11 is 0. The van der Waals surface area contributed by atoms with E-state index in [-0.39, 0.29) is 31.1 Å². The first-order valence-corrected chi connectivity index (χ1v) is 14.6. The second kappa shape index (κ2) is 16.0. The minimum Gasteiger partial charge on any atom is -0.445 e. The molecule has 0 spiro atoms. The van der Waals surface area contributed by atoms with Crippen LogP contribution in [0.2, 0.25) is 0 Å². The number of carbonyl (C=O) groups is 3. The van der Waals surface area contributed by atoms with E-state index >= 15 is 0 Å². The molecule has 0 aliphatic carbocycles. The summed E-state index contributed by atoms with van der Waals surface area (Å²) in [7, 11) is 0. The van der Waals surface area contributed by atoms with Crippen LogP contribution >= 0.6 is 0 Å². The number of aliphatic hydroxyl groups is 1. The summed E-state index contributed by atoms with van der Waals surface area (Å²) in [6, 6.07) is 21.6. The van der Waals surface area contributed by atoms with Crippen molar-refractivity contribution in [3.63, 3.8) is 0 Å². The van der Waals surface area contributed by atoms with Gasteiger partial charge in [0, 0.05) is 17.7 Å². The lowest BCUT2D eigenvalue weighted by atomic mass is 9.98. The number of Topliss-reactive ketones (excluding diaryl/α,β-unsaturated/α-hetero) is 1. The van der Waals surface area contributed by atoms with Gasteiger partial charge in [-0.15, -0.1) is 0 Å². The third-order valence-electron chi connectivity index (χ3n) is 7.35. The fraction of sp³-hybridized carbons (Fsp3) is 0.229. The lowest BCUT2D eigenvalue weighted by Gasteiger charge is -2.28. The largest absolute Gasteiger partial charge is 0.445 e. The fourth-order valence-electron chi connectivity index (χ4n) is 4.64. The van der Waals surface area contributed by atoms with Crippen LogP contribution in [0.5, 0.6) is 0 Å². The fourth-order valence-corrected chi connectivity index (χ4v) is 4.64. The number of hydrogen-bond donors (Lipinski definition) is 2. The molecule has 4 aromatic carbocycles. The molecule has 1 aliphatic heterocycles. The molecular formula is C35H32F4N2O7. The topological polar surface area (TPSA) is 114 Å². The zero-order valence-electron chi connectivity index (χ0n) is 25.9. The van der Waals surface area contributed by atoms with Crippen LogP contribution in [-0.2, 0) is 33.2 Å². The van der Waals surface area contributed by atoms with Crippen LogP contribution in [0, 0.1) is 23.3 Å². The number of nitrogens with one attached hydrogen (secondary N) is 1. The molecule has 4 aromatic rings. The third-order valence-corrected chi connectivity index (χ3v) is 7.35. The highest BCUT2D eigenvalue weighted by molar-refractivity contribution is 6.01. The molecule has 0 saturated carbocycles. The van der Waals surface area contributed by atoms with Crippen molar-refractivity contribution in [2.75, 3.05) is 6.73 Å². The van der Waals surface area contributed by atoms with E-state index in [0.717, 1.165) is 40.3 Å². The molecule has 48 heavy (non-hydrogen) atoms. The van der Waals surface area contributed by atoms with Crippen molar-refractivity contribution in [3.8, 4) is 0 Å². The first-order chi connectivity index (χ1) is 22.9. The van der Waals surface area contributed by atoms with Gasteiger partial charge in [-0.05, 0) is 49.2 Å². The van der Waals surface area contributed by atoms with Gasteiger partial charge in [-0.3, -0.25) is 9.69 Å². The maximum Gasteiger partial charge on any atom is 0.412 e. The number of hydrogen-bond acceptors (Lipinski definition) is 7. The summed E-state index contributed by atoms with van der Waals surface area (Å²) in [6.07, 6.45) is -1.49. The predicted molar refractivity (Wildman–Crippen MR) is 164 cm³/mol. The lowest BCUT2D eigenvalue weighted by Crippen LogP contribution is -2.44. The molecule has 2 N–H and O–H groups in total. The van der Waals surface area contributed by atoms with Crippen LogP contribution < -0.4 is 5.32 Å². The number of ether oxygens (including phenoxy) is 3. The van der Waals surface area contributed by atoms with E-state index in [2.05, 4.69) is 5.32 Å². The number of alkyl carbamates (subject to hydrolysis) is 1. The molecule has 1 aliphatic rings. The van der Waals surface area contributed by atoms with Gasteiger partial charge in [-0.25, -0.2) is 27.2 Å². The number of nitrogens with zero attached hydrogens (tertiary/aromatic N) is 1. The van der Waals surface area contributed by atoms with Gasteiger partial charge in [0.2, 0.25) is 5.79 Å². The van der Waals surface area contributed by atoms with E-state index in [0.29, 0.717) is 12.1 Å². The number of benzene rings is 4. The van der Waals surface area contributed by atoms with Crippen molar-refractivity contribution in [2.45, 2.75) is 44.9 Å². The van der Waals surface area contributed by atoms with Crippen molar-refractivity contribution >= 4 is 18.0 Å². The van der Waals surface area contributed by atoms with Crippen molar-refractivity contribution in [1.82, 2.24) is 10.2 Å². The van der Waals surface area contributed by atoms with Crippen LogP contribution in [0.25, 0.3) is 0 Å². The molecule has 3 atom stereocenters. The number of carbonyl (C=O) groups excluding carboxylic acids is 3. The Kier molecular flexibility index (Phi) is 11.9. The van der Waals surface area contributed by atoms with E-state index in [9.17, 15) is 37.1 Å². The Hall–Kier alpha value is -5.27. The van der Waals surface area contributed by atoms with Crippen molar-refractivity contribution in [3.05, 3.63) is 143 Å². The van der Waals surface area contributed by atoms with E-state index in [4.69, 9.17) is 14.2 Å². The van der Waals surface area contributed by atoms with Gasteiger partial charge in [0.15, 0.2) is 5.78 Å². The molecular weight excluding hydrogens is 636 g/mol. The molecule has 0 bridgehead atoms. The average Bonchev–Trinajstić information content (AvgIpc) is 3.37.